The van der Waals surface area contributed by atoms with Crippen LogP contribution in [-0.4, -0.2) is 57.4 Å². The van der Waals surface area contributed by atoms with Gasteiger partial charge in [0.15, 0.2) is 0 Å². The van der Waals surface area contributed by atoms with Crippen LogP contribution in [0.3, 0.4) is 0 Å². The third-order valence-electron chi connectivity index (χ3n) is 7.30. The Morgan fingerprint density at radius 3 is 2.40 bits per heavy atom. The van der Waals surface area contributed by atoms with Gasteiger partial charge in [0, 0.05) is 6.20 Å². The molecule has 10 nitrogen and oxygen atoms in total. The number of nitrogens with zero attached hydrogens (tertiary/aromatic N) is 2. The van der Waals surface area contributed by atoms with Crippen LogP contribution in [0, 0.1) is 23.4 Å². The topological polar surface area (TPSA) is 140 Å². The molecule has 2 amide bonds. The lowest BCUT2D eigenvalue weighted by Crippen LogP contribution is -2.52. The van der Waals surface area contributed by atoms with Gasteiger partial charge >= 0.3 is 12.1 Å². The largest absolute Gasteiger partial charge is 0.481 e. The van der Waals surface area contributed by atoms with Crippen molar-refractivity contribution in [3.05, 3.63) is 77.5 Å². The number of aromatic nitrogens is 2. The summed E-state index contributed by atoms with van der Waals surface area (Å²) < 4.78 is 54.8. The molecule has 3 aromatic rings. The summed E-state index contributed by atoms with van der Waals surface area (Å²) in [6, 6.07) is 6.24. The third kappa shape index (κ3) is 8.56. The summed E-state index contributed by atoms with van der Waals surface area (Å²) in [7, 11) is 0. The van der Waals surface area contributed by atoms with Gasteiger partial charge in [-0.15, -0.1) is 0 Å². The van der Waals surface area contributed by atoms with Gasteiger partial charge in [-0.25, -0.2) is 22.9 Å². The van der Waals surface area contributed by atoms with E-state index in [1.54, 1.807) is 33.0 Å². The number of nitrogens with one attached hydrogen (secondary N) is 2. The van der Waals surface area contributed by atoms with E-state index in [4.69, 9.17) is 14.6 Å². The van der Waals surface area contributed by atoms with E-state index in [-0.39, 0.29) is 30.6 Å². The molecule has 4 atom stereocenters. The minimum Gasteiger partial charge on any atom is -0.481 e. The predicted molar refractivity (Wildman–Crippen MR) is 158 cm³/mol. The molecule has 0 spiro atoms. The summed E-state index contributed by atoms with van der Waals surface area (Å²) in [5.41, 5.74) is -1.35. The number of anilines is 1. The Kier molecular flexibility index (Phi) is 10.4. The van der Waals surface area contributed by atoms with Gasteiger partial charge < -0.3 is 25.2 Å². The zero-order valence-corrected chi connectivity index (χ0v) is 25.3. The van der Waals surface area contributed by atoms with Crippen molar-refractivity contribution in [2.75, 3.05) is 11.9 Å². The van der Waals surface area contributed by atoms with E-state index in [9.17, 15) is 27.6 Å². The minimum absolute atomic E-state index is 0.0402. The van der Waals surface area contributed by atoms with E-state index in [2.05, 4.69) is 20.6 Å². The number of hydrogen-bond acceptors (Lipinski definition) is 7. The monoisotopic (exact) mass is 628 g/mol. The molecule has 4 rings (SSSR count). The standard InChI is InChI=1S/C32H35F3N4O6/c1-17-14-18(15-24(29(17)44-13-11-26(40)41)39-31(43)45-32(2,3)4)19-10-12-36-16-25(19)38-30(42)23-9-8-22(35)28(37-23)27-20(33)6-5-7-21(27)34/h5-10,12,16-18,24,29H,11,13-15H2,1-4H3,(H,38,42)(H,39,43)(H,40,41)/t17-,18+,24+,29+/m1/s1. The molecule has 0 radical (unpaired) electrons. The molecule has 0 saturated heterocycles. The fourth-order valence-corrected chi connectivity index (χ4v) is 5.45. The second-order valence-corrected chi connectivity index (χ2v) is 11.9. The number of halogens is 3. The highest BCUT2D eigenvalue weighted by atomic mass is 19.1. The molecule has 1 aliphatic rings. The fourth-order valence-electron chi connectivity index (χ4n) is 5.45. The first-order chi connectivity index (χ1) is 21.2. The zero-order chi connectivity index (χ0) is 32.9. The molecule has 2 heterocycles. The third-order valence-corrected chi connectivity index (χ3v) is 7.30. The maximum absolute atomic E-state index is 14.6. The van der Waals surface area contributed by atoms with Crippen LogP contribution in [0.1, 0.15) is 68.9 Å². The zero-order valence-electron chi connectivity index (χ0n) is 25.3. The van der Waals surface area contributed by atoms with Crippen LogP contribution < -0.4 is 10.6 Å². The number of carbonyl (C=O) groups is 3. The second kappa shape index (κ2) is 14.1. The van der Waals surface area contributed by atoms with Gasteiger partial charge in [0.1, 0.15) is 34.4 Å². The van der Waals surface area contributed by atoms with E-state index in [0.29, 0.717) is 24.1 Å². The molecule has 45 heavy (non-hydrogen) atoms. The number of carboxylic acid groups (broad SMARTS) is 1. The lowest BCUT2D eigenvalue weighted by atomic mass is 9.74. The number of amides is 2. The Labute approximate surface area is 258 Å². The number of carbonyl (C=O) groups excluding carboxylic acids is 2. The Morgan fingerprint density at radius 2 is 1.73 bits per heavy atom. The van der Waals surface area contributed by atoms with Crippen LogP contribution in [0.5, 0.6) is 0 Å². The number of ether oxygens (including phenoxy) is 2. The molecule has 0 bridgehead atoms. The Balaban J connectivity index is 1.58. The van der Waals surface area contributed by atoms with Crippen LogP contribution in [0.2, 0.25) is 0 Å². The van der Waals surface area contributed by atoms with Crippen molar-refractivity contribution in [3.63, 3.8) is 0 Å². The highest BCUT2D eigenvalue weighted by Gasteiger charge is 2.39. The molecule has 240 valence electrons. The van der Waals surface area contributed by atoms with E-state index < -0.39 is 64.4 Å². The number of aliphatic carboxylic acids is 1. The number of alkyl carbamates (subject to hydrolysis) is 1. The molecule has 13 heteroatoms. The van der Waals surface area contributed by atoms with Gasteiger partial charge in [-0.05, 0) is 81.3 Å². The summed E-state index contributed by atoms with van der Waals surface area (Å²) in [6.45, 7) is 7.08. The average Bonchev–Trinajstić information content (AvgIpc) is 2.94. The molecule has 0 unspecified atom stereocenters. The molecule has 1 aromatic carbocycles. The Morgan fingerprint density at radius 1 is 1.02 bits per heavy atom. The molecule has 0 aliphatic heterocycles. The summed E-state index contributed by atoms with van der Waals surface area (Å²) in [6.07, 6.45) is 2.55. The SMILES string of the molecule is C[C@@H]1C[C@H](c2ccncc2NC(=O)c2ccc(F)c(-c3c(F)cccc3F)n2)C[C@H](NC(=O)OC(C)(C)C)[C@H]1OCCC(=O)O. The molecular formula is C32H35F3N4O6. The van der Waals surface area contributed by atoms with Gasteiger partial charge in [-0.1, -0.05) is 13.0 Å². The molecule has 1 saturated carbocycles. The predicted octanol–water partition coefficient (Wildman–Crippen LogP) is 6.08. The van der Waals surface area contributed by atoms with E-state index in [0.717, 1.165) is 30.3 Å². The minimum atomic E-state index is -1.03. The number of pyridine rings is 2. The maximum Gasteiger partial charge on any atom is 0.407 e. The van der Waals surface area contributed by atoms with Gasteiger partial charge in [0.25, 0.3) is 5.91 Å². The Bertz CT molecular complexity index is 1540. The lowest BCUT2D eigenvalue weighted by Gasteiger charge is -2.41. The fraction of sp³-hybridized carbons (Fsp3) is 0.406. The first-order valence-corrected chi connectivity index (χ1v) is 14.4. The summed E-state index contributed by atoms with van der Waals surface area (Å²) in [5.74, 6) is -5.19. The molecular weight excluding hydrogens is 593 g/mol. The van der Waals surface area contributed by atoms with Crippen molar-refractivity contribution in [2.24, 2.45) is 5.92 Å². The number of carboxylic acids is 1. The van der Waals surface area contributed by atoms with Crippen molar-refractivity contribution in [3.8, 4) is 11.3 Å². The molecule has 1 fully saturated rings. The van der Waals surface area contributed by atoms with Crippen molar-refractivity contribution in [2.45, 2.75) is 70.6 Å². The number of hydrogen-bond donors (Lipinski definition) is 3. The van der Waals surface area contributed by atoms with Crippen LogP contribution >= 0.6 is 0 Å². The summed E-state index contributed by atoms with van der Waals surface area (Å²) in [5, 5.41) is 14.7. The lowest BCUT2D eigenvalue weighted by molar-refractivity contribution is -0.139. The van der Waals surface area contributed by atoms with Crippen molar-refractivity contribution < 1.29 is 42.1 Å². The van der Waals surface area contributed by atoms with E-state index >= 15 is 0 Å². The van der Waals surface area contributed by atoms with E-state index in [1.807, 2.05) is 6.92 Å². The smallest absolute Gasteiger partial charge is 0.407 e. The highest BCUT2D eigenvalue weighted by Crippen LogP contribution is 2.40. The van der Waals surface area contributed by atoms with Crippen LogP contribution in [0.4, 0.5) is 23.7 Å². The molecule has 1 aliphatic carbocycles. The first-order valence-electron chi connectivity index (χ1n) is 14.4. The summed E-state index contributed by atoms with van der Waals surface area (Å²) >= 11 is 0. The normalized spacial score (nSPS) is 19.9. The van der Waals surface area contributed by atoms with Crippen molar-refractivity contribution >= 4 is 23.7 Å². The van der Waals surface area contributed by atoms with Crippen molar-refractivity contribution in [1.82, 2.24) is 15.3 Å². The summed E-state index contributed by atoms with van der Waals surface area (Å²) in [4.78, 5) is 45.2. The van der Waals surface area contributed by atoms with Crippen molar-refractivity contribution in [1.29, 1.82) is 0 Å². The van der Waals surface area contributed by atoms with Gasteiger partial charge in [0.2, 0.25) is 0 Å². The van der Waals surface area contributed by atoms with Crippen LogP contribution in [0.15, 0.2) is 48.8 Å². The maximum atomic E-state index is 14.6. The number of rotatable bonds is 9. The highest BCUT2D eigenvalue weighted by molar-refractivity contribution is 6.03. The first kappa shape index (κ1) is 33.4. The van der Waals surface area contributed by atoms with Crippen LogP contribution in [-0.2, 0) is 14.3 Å². The molecule has 3 N–H and O–H groups in total. The molecule has 2 aromatic heterocycles. The van der Waals surface area contributed by atoms with Gasteiger partial charge in [0.05, 0.1) is 42.6 Å². The van der Waals surface area contributed by atoms with Gasteiger partial charge in [-0.2, -0.15) is 0 Å². The number of benzene rings is 1. The quantitative estimate of drug-likeness (QED) is 0.259. The van der Waals surface area contributed by atoms with Gasteiger partial charge in [-0.3, -0.25) is 14.6 Å². The second-order valence-electron chi connectivity index (χ2n) is 11.9. The van der Waals surface area contributed by atoms with Crippen LogP contribution in [0.25, 0.3) is 11.3 Å². The van der Waals surface area contributed by atoms with E-state index in [1.165, 1.54) is 6.20 Å². The average molecular weight is 629 g/mol. The Hall–Kier alpha value is -4.52.